The lowest BCUT2D eigenvalue weighted by Gasteiger charge is -2.18. The fourth-order valence-corrected chi connectivity index (χ4v) is 3.15. The Hall–Kier alpha value is -4.13. The molecule has 0 atom stereocenters. The molecule has 3 amide bonds. The molecule has 180 valence electrons. The molecule has 4 N–H and O–H groups in total. The maximum absolute atomic E-state index is 12.1. The topological polar surface area (TPSA) is 134 Å². The molecule has 1 aromatic carbocycles. The number of aromatic nitrogens is 2. The van der Waals surface area contributed by atoms with Gasteiger partial charge >= 0.3 is 0 Å². The number of carbonyl (C=O) groups is 3. The number of hydrogen-bond acceptors (Lipinski definition) is 7. The molecule has 0 fully saturated rings. The molecule has 0 saturated heterocycles. The summed E-state index contributed by atoms with van der Waals surface area (Å²) in [5.41, 5.74) is 7.97. The Morgan fingerprint density at radius 3 is 2.50 bits per heavy atom. The highest BCUT2D eigenvalue weighted by molar-refractivity contribution is 5.97. The van der Waals surface area contributed by atoms with Crippen molar-refractivity contribution in [3.8, 4) is 11.8 Å². The van der Waals surface area contributed by atoms with Crippen molar-refractivity contribution in [1.29, 1.82) is 0 Å². The molecule has 1 aromatic heterocycles. The third kappa shape index (κ3) is 7.20. The van der Waals surface area contributed by atoms with Crippen LogP contribution in [0.25, 0.3) is 0 Å². The predicted molar refractivity (Wildman–Crippen MR) is 132 cm³/mol. The summed E-state index contributed by atoms with van der Waals surface area (Å²) in [6, 6.07) is 7.52. The van der Waals surface area contributed by atoms with E-state index in [1.54, 1.807) is 6.92 Å². The molecular formula is C24H31N7O3. The number of benzene rings is 1. The Kier molecular flexibility index (Phi) is 9.38. The molecule has 0 radical (unpaired) electrons. The van der Waals surface area contributed by atoms with Gasteiger partial charge in [-0.05, 0) is 43.4 Å². The van der Waals surface area contributed by atoms with E-state index in [4.69, 9.17) is 5.73 Å². The number of primary amides is 1. The predicted octanol–water partition coefficient (Wildman–Crippen LogP) is 1.09. The second kappa shape index (κ2) is 12.2. The first-order valence-corrected chi connectivity index (χ1v) is 10.8. The van der Waals surface area contributed by atoms with Crippen molar-refractivity contribution in [2.45, 2.75) is 26.7 Å². The fourth-order valence-electron chi connectivity index (χ4n) is 3.15. The maximum atomic E-state index is 12.1. The second-order valence-corrected chi connectivity index (χ2v) is 7.76. The summed E-state index contributed by atoms with van der Waals surface area (Å²) in [6.45, 7) is 3.83. The molecule has 10 heteroatoms. The van der Waals surface area contributed by atoms with Crippen LogP contribution >= 0.6 is 0 Å². The average molecular weight is 466 g/mol. The quantitative estimate of drug-likeness (QED) is 0.447. The molecule has 0 saturated carbocycles. The Morgan fingerprint density at radius 1 is 1.15 bits per heavy atom. The van der Waals surface area contributed by atoms with Crippen LogP contribution in [0.15, 0.2) is 24.3 Å². The van der Waals surface area contributed by atoms with Gasteiger partial charge in [-0.25, -0.2) is 9.97 Å². The highest BCUT2D eigenvalue weighted by atomic mass is 16.2. The fraction of sp³-hybridized carbons (Fsp3) is 0.375. The SMILES string of the molecule is CC#CC(=O)N(C)CC(=O)NCCc1cccc(Nc2nc(N(C)C)c(CC)nc2C(N)=O)c1. The van der Waals surface area contributed by atoms with Gasteiger partial charge in [-0.15, -0.1) is 0 Å². The van der Waals surface area contributed by atoms with Gasteiger partial charge in [-0.3, -0.25) is 14.4 Å². The number of likely N-dealkylation sites (N-methyl/N-ethyl adjacent to an activating group) is 1. The lowest BCUT2D eigenvalue weighted by molar-refractivity contribution is -0.130. The van der Waals surface area contributed by atoms with E-state index in [2.05, 4.69) is 32.4 Å². The molecule has 0 aliphatic carbocycles. The van der Waals surface area contributed by atoms with E-state index in [0.29, 0.717) is 36.6 Å². The number of nitrogens with two attached hydrogens (primary N) is 1. The number of nitrogens with one attached hydrogen (secondary N) is 2. The van der Waals surface area contributed by atoms with E-state index < -0.39 is 11.8 Å². The minimum atomic E-state index is -0.665. The van der Waals surface area contributed by atoms with Gasteiger partial charge in [0.1, 0.15) is 6.54 Å². The lowest BCUT2D eigenvalue weighted by Crippen LogP contribution is -2.38. The zero-order chi connectivity index (χ0) is 25.3. The first-order valence-electron chi connectivity index (χ1n) is 10.8. The molecule has 34 heavy (non-hydrogen) atoms. The zero-order valence-electron chi connectivity index (χ0n) is 20.2. The van der Waals surface area contributed by atoms with Gasteiger partial charge in [0.05, 0.1) is 5.69 Å². The number of aryl methyl sites for hydroxylation is 1. The van der Waals surface area contributed by atoms with Crippen LogP contribution < -0.4 is 21.3 Å². The van der Waals surface area contributed by atoms with E-state index in [-0.39, 0.29) is 24.0 Å². The van der Waals surface area contributed by atoms with Crippen LogP contribution in [0.5, 0.6) is 0 Å². The van der Waals surface area contributed by atoms with Crippen molar-refractivity contribution in [3.05, 3.63) is 41.2 Å². The number of carbonyl (C=O) groups excluding carboxylic acids is 3. The summed E-state index contributed by atoms with van der Waals surface area (Å²) in [6.07, 6.45) is 1.18. The van der Waals surface area contributed by atoms with E-state index in [1.807, 2.05) is 50.2 Å². The number of amides is 3. The minimum absolute atomic E-state index is 0.0639. The Balaban J connectivity index is 2.08. The summed E-state index contributed by atoms with van der Waals surface area (Å²) < 4.78 is 0. The van der Waals surface area contributed by atoms with Crippen molar-refractivity contribution in [3.63, 3.8) is 0 Å². The van der Waals surface area contributed by atoms with Gasteiger partial charge in [0.15, 0.2) is 17.3 Å². The molecule has 0 unspecified atom stereocenters. The third-order valence-electron chi connectivity index (χ3n) is 4.82. The first kappa shape index (κ1) is 26.1. The molecule has 0 aliphatic heterocycles. The molecule has 2 rings (SSSR count). The molecule has 0 spiro atoms. The summed E-state index contributed by atoms with van der Waals surface area (Å²) in [5, 5.41) is 5.94. The second-order valence-electron chi connectivity index (χ2n) is 7.76. The molecule has 0 bridgehead atoms. The highest BCUT2D eigenvalue weighted by Crippen LogP contribution is 2.24. The van der Waals surface area contributed by atoms with Gasteiger partial charge in [-0.2, -0.15) is 0 Å². The van der Waals surface area contributed by atoms with Crippen LogP contribution in [0.3, 0.4) is 0 Å². The highest BCUT2D eigenvalue weighted by Gasteiger charge is 2.18. The monoisotopic (exact) mass is 465 g/mol. The molecular weight excluding hydrogens is 434 g/mol. The minimum Gasteiger partial charge on any atom is -0.364 e. The normalized spacial score (nSPS) is 10.0. The van der Waals surface area contributed by atoms with E-state index in [1.165, 1.54) is 11.9 Å². The molecule has 2 aromatic rings. The number of rotatable bonds is 10. The Morgan fingerprint density at radius 2 is 1.88 bits per heavy atom. The summed E-state index contributed by atoms with van der Waals surface area (Å²) in [5.74, 6) is 4.51. The van der Waals surface area contributed by atoms with Crippen LogP contribution in [0.1, 0.15) is 35.6 Å². The van der Waals surface area contributed by atoms with E-state index >= 15 is 0 Å². The largest absolute Gasteiger partial charge is 0.364 e. The first-order chi connectivity index (χ1) is 16.2. The maximum Gasteiger partial charge on any atom is 0.298 e. The van der Waals surface area contributed by atoms with Crippen molar-refractivity contribution < 1.29 is 14.4 Å². The third-order valence-corrected chi connectivity index (χ3v) is 4.82. The molecule has 0 aliphatic rings. The van der Waals surface area contributed by atoms with Crippen molar-refractivity contribution in [2.75, 3.05) is 44.4 Å². The molecule has 10 nitrogen and oxygen atoms in total. The summed E-state index contributed by atoms with van der Waals surface area (Å²) in [4.78, 5) is 47.8. The van der Waals surface area contributed by atoms with Crippen LogP contribution in [0, 0.1) is 11.8 Å². The average Bonchev–Trinajstić information content (AvgIpc) is 2.78. The van der Waals surface area contributed by atoms with Gasteiger partial charge < -0.3 is 26.2 Å². The Labute approximate surface area is 199 Å². The summed E-state index contributed by atoms with van der Waals surface area (Å²) in [7, 11) is 5.24. The van der Waals surface area contributed by atoms with Gasteiger partial charge in [-0.1, -0.05) is 25.0 Å². The smallest absolute Gasteiger partial charge is 0.298 e. The van der Waals surface area contributed by atoms with Crippen molar-refractivity contribution in [2.24, 2.45) is 5.73 Å². The van der Waals surface area contributed by atoms with Crippen molar-refractivity contribution >= 4 is 35.0 Å². The van der Waals surface area contributed by atoms with Crippen molar-refractivity contribution in [1.82, 2.24) is 20.2 Å². The van der Waals surface area contributed by atoms with Crippen LogP contribution in [0.2, 0.25) is 0 Å². The zero-order valence-corrected chi connectivity index (χ0v) is 20.2. The van der Waals surface area contributed by atoms with E-state index in [9.17, 15) is 14.4 Å². The summed E-state index contributed by atoms with van der Waals surface area (Å²) >= 11 is 0. The molecule has 1 heterocycles. The Bertz CT molecular complexity index is 1120. The number of nitrogens with zero attached hydrogens (tertiary/aromatic N) is 4. The van der Waals surface area contributed by atoms with Gasteiger partial charge in [0.25, 0.3) is 11.8 Å². The van der Waals surface area contributed by atoms with Crippen LogP contribution in [-0.2, 0) is 22.4 Å². The van der Waals surface area contributed by atoms with Gasteiger partial charge in [0, 0.05) is 33.4 Å². The lowest BCUT2D eigenvalue weighted by atomic mass is 10.1. The number of anilines is 3. The van der Waals surface area contributed by atoms with Gasteiger partial charge in [0.2, 0.25) is 5.91 Å². The van der Waals surface area contributed by atoms with Crippen LogP contribution in [-0.4, -0.2) is 66.8 Å². The number of hydrogen-bond donors (Lipinski definition) is 3. The van der Waals surface area contributed by atoms with E-state index in [0.717, 1.165) is 5.56 Å². The van der Waals surface area contributed by atoms with Crippen LogP contribution in [0.4, 0.5) is 17.3 Å². The standard InChI is InChI=1S/C24H31N7O3/c1-6-9-20(33)31(5)15-19(32)26-13-12-16-10-8-11-17(14-16)27-23-21(22(25)34)28-18(7-2)24(29-23)30(3)4/h8,10-11,14H,7,12-13,15H2,1-5H3,(H2,25,34)(H,26,32)(H,27,29).